The highest BCUT2D eigenvalue weighted by Crippen LogP contribution is 2.35. The number of guanidine groups is 1. The smallest absolute Gasteiger partial charge is 0.339 e. The molecule has 0 saturated heterocycles. The van der Waals surface area contributed by atoms with Gasteiger partial charge in [-0.05, 0) is 42.3 Å². The number of fused-ring (bicyclic) bond motifs is 2. The molecule has 3 aromatic carbocycles. The number of carboxylic acids is 1. The second kappa shape index (κ2) is 11.7. The molecule has 45 heavy (non-hydrogen) atoms. The van der Waals surface area contributed by atoms with Crippen molar-refractivity contribution in [3.8, 4) is 11.5 Å². The number of carbonyl (C=O) groups excluding carboxylic acids is 1. The van der Waals surface area contributed by atoms with Crippen LogP contribution in [-0.2, 0) is 4.79 Å². The molecule has 0 fully saturated rings. The third-order valence-electron chi connectivity index (χ3n) is 7.25. The summed E-state index contributed by atoms with van der Waals surface area (Å²) in [5.41, 5.74) is 13.7. The molecular formula is C30H28N10O5. The molecule has 0 aliphatic carbocycles. The predicted molar refractivity (Wildman–Crippen MR) is 167 cm³/mol. The fourth-order valence-corrected chi connectivity index (χ4v) is 5.15. The lowest BCUT2D eigenvalue weighted by atomic mass is 9.93. The number of carbonyl (C=O) groups is 2. The molecule has 1 amide bonds. The number of benzene rings is 3. The summed E-state index contributed by atoms with van der Waals surface area (Å²) >= 11 is 0. The Morgan fingerprint density at radius 1 is 1.02 bits per heavy atom. The van der Waals surface area contributed by atoms with E-state index in [2.05, 4.69) is 26.3 Å². The maximum Gasteiger partial charge on any atom is 0.339 e. The molecule has 0 bridgehead atoms. The van der Waals surface area contributed by atoms with E-state index in [0.29, 0.717) is 18.7 Å². The van der Waals surface area contributed by atoms with Gasteiger partial charge in [-0.3, -0.25) is 25.9 Å². The number of anilines is 2. The highest BCUT2D eigenvalue weighted by molar-refractivity contribution is 6.14. The molecule has 0 radical (unpaired) electrons. The number of carboxylic acid groups (broad SMARTS) is 1. The molecule has 0 saturated carbocycles. The standard InChI is InChI=1S/C30H28N10O5/c31-24(32)14-9-10-17(28(42)43)22(12-14)44-27-23-25(39-30(40-27)45-21-8-4-3-7-19(21)37-29(33)34)36-20(26(41)38-23)11-15-13-35-18-6-2-1-5-16(15)18/h1-10,12,15,20,35H,11,13H2,(H3,31,32)(H,38,41)(H,42,43)(H4,33,34,37)(H,36,39,40). The summed E-state index contributed by atoms with van der Waals surface area (Å²) < 4.78 is 12.0. The largest absolute Gasteiger partial charge is 0.478 e. The van der Waals surface area contributed by atoms with Gasteiger partial charge in [-0.15, -0.1) is 0 Å². The molecule has 6 rings (SSSR count). The van der Waals surface area contributed by atoms with Crippen molar-refractivity contribution in [2.75, 3.05) is 17.2 Å². The maximum absolute atomic E-state index is 13.4. The van der Waals surface area contributed by atoms with Crippen LogP contribution in [0.3, 0.4) is 0 Å². The van der Waals surface area contributed by atoms with E-state index in [-0.39, 0.29) is 63.8 Å². The number of aliphatic imine (C=N–C) groups is 2. The number of amidine groups is 3. The van der Waals surface area contributed by atoms with Crippen LogP contribution >= 0.6 is 0 Å². The van der Waals surface area contributed by atoms with Crippen LogP contribution in [0.15, 0.2) is 88.3 Å². The number of para-hydroxylation sites is 3. The second-order valence-corrected chi connectivity index (χ2v) is 10.3. The Morgan fingerprint density at radius 3 is 2.58 bits per heavy atom. The van der Waals surface area contributed by atoms with Crippen molar-refractivity contribution in [3.63, 3.8) is 0 Å². The van der Waals surface area contributed by atoms with E-state index >= 15 is 0 Å². The summed E-state index contributed by atoms with van der Waals surface area (Å²) in [5.74, 6) is -2.24. The van der Waals surface area contributed by atoms with Crippen molar-refractivity contribution < 1.29 is 24.2 Å². The number of amides is 1. The van der Waals surface area contributed by atoms with Gasteiger partial charge in [0.05, 0.1) is 5.69 Å². The van der Waals surface area contributed by atoms with E-state index in [1.165, 1.54) is 18.2 Å². The van der Waals surface area contributed by atoms with Crippen LogP contribution < -0.4 is 42.2 Å². The van der Waals surface area contributed by atoms with Crippen LogP contribution in [0, 0.1) is 10.8 Å². The molecule has 3 aliphatic heterocycles. The van der Waals surface area contributed by atoms with Crippen molar-refractivity contribution in [2.24, 2.45) is 21.5 Å². The van der Waals surface area contributed by atoms with Gasteiger partial charge in [-0.2, -0.15) is 4.99 Å². The summed E-state index contributed by atoms with van der Waals surface area (Å²) in [4.78, 5) is 34.5. The molecule has 2 unspecified atom stereocenters. The molecule has 3 aliphatic rings. The zero-order valence-corrected chi connectivity index (χ0v) is 23.5. The third-order valence-corrected chi connectivity index (χ3v) is 7.25. The summed E-state index contributed by atoms with van der Waals surface area (Å²) in [5, 5.41) is 37.0. The molecule has 3 aromatic rings. The molecule has 11 N–H and O–H groups in total. The minimum atomic E-state index is -1.29. The molecule has 3 heterocycles. The zero-order valence-electron chi connectivity index (χ0n) is 23.5. The number of aromatic carboxylic acids is 1. The molecule has 15 heteroatoms. The lowest BCUT2D eigenvalue weighted by Crippen LogP contribution is -2.51. The Hall–Kier alpha value is -6.38. The fourth-order valence-electron chi connectivity index (χ4n) is 5.15. The SMILES string of the molecule is N=C(N)Nc1ccccc1OC1=NC(Oc2cc(C(=N)N)ccc2C(=O)O)=C2NC(=O)C(CC3CNc4ccccc43)N=C2N1. The van der Waals surface area contributed by atoms with Crippen molar-refractivity contribution >= 4 is 46.9 Å². The average Bonchev–Trinajstić information content (AvgIpc) is 3.41. The summed E-state index contributed by atoms with van der Waals surface area (Å²) in [6, 6.07) is 17.6. The van der Waals surface area contributed by atoms with Gasteiger partial charge in [0.1, 0.15) is 28.9 Å². The first-order valence-corrected chi connectivity index (χ1v) is 13.8. The van der Waals surface area contributed by atoms with Crippen molar-refractivity contribution in [2.45, 2.75) is 18.4 Å². The van der Waals surface area contributed by atoms with Crippen LogP contribution in [0.4, 0.5) is 11.4 Å². The first-order valence-electron chi connectivity index (χ1n) is 13.8. The van der Waals surface area contributed by atoms with E-state index in [9.17, 15) is 14.7 Å². The van der Waals surface area contributed by atoms with E-state index in [4.69, 9.17) is 36.8 Å². The van der Waals surface area contributed by atoms with Crippen molar-refractivity contribution in [1.29, 1.82) is 10.8 Å². The Labute approximate surface area is 256 Å². The lowest BCUT2D eigenvalue weighted by molar-refractivity contribution is -0.122. The Morgan fingerprint density at radius 2 is 1.80 bits per heavy atom. The van der Waals surface area contributed by atoms with Crippen LogP contribution in [0.1, 0.15) is 33.8 Å². The number of nitrogens with two attached hydrogens (primary N) is 2. The van der Waals surface area contributed by atoms with Crippen LogP contribution in [0.5, 0.6) is 11.5 Å². The van der Waals surface area contributed by atoms with Gasteiger partial charge in [0.2, 0.25) is 5.91 Å². The van der Waals surface area contributed by atoms with Gasteiger partial charge in [-0.25, -0.2) is 4.79 Å². The molecule has 0 aromatic heterocycles. The zero-order chi connectivity index (χ0) is 31.7. The molecule has 0 spiro atoms. The quantitative estimate of drug-likeness (QED) is 0.133. The van der Waals surface area contributed by atoms with E-state index in [0.717, 1.165) is 11.3 Å². The Kier molecular flexibility index (Phi) is 7.48. The number of hydrogen-bond acceptors (Lipinski definition) is 10. The number of hydrogen-bond donors (Lipinski definition) is 9. The van der Waals surface area contributed by atoms with E-state index in [1.807, 2.05) is 24.3 Å². The normalized spacial score (nSPS) is 18.2. The van der Waals surface area contributed by atoms with Crippen LogP contribution in [0.25, 0.3) is 0 Å². The molecule has 2 atom stereocenters. The van der Waals surface area contributed by atoms with Gasteiger partial charge in [0.25, 0.3) is 5.88 Å². The highest BCUT2D eigenvalue weighted by Gasteiger charge is 2.36. The lowest BCUT2D eigenvalue weighted by Gasteiger charge is -2.29. The minimum absolute atomic E-state index is 0.0347. The number of nitrogens with one attached hydrogen (secondary N) is 6. The number of ether oxygens (including phenoxy) is 2. The van der Waals surface area contributed by atoms with Gasteiger partial charge < -0.3 is 42.0 Å². The fraction of sp³-hybridized carbons (Fsp3) is 0.133. The average molecular weight is 609 g/mol. The number of rotatable bonds is 8. The number of nitrogens with zero attached hydrogens (tertiary/aromatic N) is 2. The summed E-state index contributed by atoms with van der Waals surface area (Å²) in [6.07, 6.45) is 0.410. The summed E-state index contributed by atoms with van der Waals surface area (Å²) in [7, 11) is 0. The van der Waals surface area contributed by atoms with Gasteiger partial charge >= 0.3 is 12.0 Å². The first-order chi connectivity index (χ1) is 21.7. The van der Waals surface area contributed by atoms with E-state index in [1.54, 1.807) is 24.3 Å². The Balaban J connectivity index is 1.39. The van der Waals surface area contributed by atoms with Crippen LogP contribution in [-0.4, -0.2) is 53.2 Å². The summed E-state index contributed by atoms with van der Waals surface area (Å²) in [6.45, 7) is 0.651. The monoisotopic (exact) mass is 608 g/mol. The molecular weight excluding hydrogens is 580 g/mol. The second-order valence-electron chi connectivity index (χ2n) is 10.3. The van der Waals surface area contributed by atoms with Gasteiger partial charge in [0, 0.05) is 23.7 Å². The first kappa shape index (κ1) is 28.7. The molecule has 15 nitrogen and oxygen atoms in total. The van der Waals surface area contributed by atoms with Gasteiger partial charge in [0.15, 0.2) is 17.5 Å². The minimum Gasteiger partial charge on any atom is -0.478 e. The van der Waals surface area contributed by atoms with E-state index < -0.39 is 17.9 Å². The van der Waals surface area contributed by atoms with Crippen molar-refractivity contribution in [3.05, 3.63) is 95.0 Å². The number of nitrogen functional groups attached to an aromatic ring is 1. The van der Waals surface area contributed by atoms with Gasteiger partial charge in [-0.1, -0.05) is 36.4 Å². The Bertz CT molecular complexity index is 1850. The van der Waals surface area contributed by atoms with Crippen LogP contribution in [0.2, 0.25) is 0 Å². The maximum atomic E-state index is 13.4. The highest BCUT2D eigenvalue weighted by atomic mass is 16.5. The topological polar surface area (TPSA) is 245 Å². The molecule has 228 valence electrons. The predicted octanol–water partition coefficient (Wildman–Crippen LogP) is 2.06. The third kappa shape index (κ3) is 5.94. The van der Waals surface area contributed by atoms with Crippen molar-refractivity contribution in [1.82, 2.24) is 10.6 Å².